The van der Waals surface area contributed by atoms with E-state index in [4.69, 9.17) is 0 Å². The minimum atomic E-state index is -1.63. The van der Waals surface area contributed by atoms with Gasteiger partial charge in [-0.2, -0.15) is 0 Å². The second kappa shape index (κ2) is 2.60. The van der Waals surface area contributed by atoms with Gasteiger partial charge in [0.2, 0.25) is 0 Å². The first-order chi connectivity index (χ1) is 5.49. The minimum absolute atomic E-state index is 0.350. The van der Waals surface area contributed by atoms with Gasteiger partial charge in [0.05, 0.1) is 4.92 Å². The van der Waals surface area contributed by atoms with Crippen molar-refractivity contribution in [3.63, 3.8) is 0 Å². The zero-order chi connectivity index (χ0) is 9.35. The number of hydrogen-bond acceptors (Lipinski definition) is 4. The first-order valence-corrected chi connectivity index (χ1v) is 3.46. The molecule has 0 N–H and O–H groups in total. The molecule has 1 aliphatic rings. The zero-order valence-electron chi connectivity index (χ0n) is 6.85. The predicted octanol–water partition coefficient (Wildman–Crippen LogP) is 1.25. The molecule has 0 radical (unpaired) electrons. The summed E-state index contributed by atoms with van der Waals surface area (Å²) in [6.07, 6.45) is 4.21. The number of hydrogen-bond donors (Lipinski definition) is 0. The molecule has 0 fully saturated rings. The Morgan fingerprint density at radius 2 is 2.25 bits per heavy atom. The molecule has 0 aromatic rings. The molecule has 1 rings (SSSR count). The van der Waals surface area contributed by atoms with Crippen LogP contribution in [0.4, 0.5) is 0 Å². The van der Waals surface area contributed by atoms with E-state index in [9.17, 15) is 15.3 Å². The van der Waals surface area contributed by atoms with Crippen molar-refractivity contribution in [3.05, 3.63) is 39.2 Å². The molecule has 0 bridgehead atoms. The van der Waals surface area contributed by atoms with Crippen LogP contribution in [-0.4, -0.2) is 15.6 Å². The van der Waals surface area contributed by atoms with Crippen molar-refractivity contribution >= 4 is 0 Å². The lowest BCUT2D eigenvalue weighted by molar-refractivity contribution is -0.577. The average molecular weight is 169 g/mol. The molecule has 5 heteroatoms. The average Bonchev–Trinajstić information content (AvgIpc) is 1.99. The topological polar surface area (TPSA) is 69.4 Å². The molecule has 1 heterocycles. The first kappa shape index (κ1) is 8.73. The van der Waals surface area contributed by atoms with Crippen LogP contribution < -0.4 is 0 Å². The summed E-state index contributed by atoms with van der Waals surface area (Å²) in [6, 6.07) is 0. The zero-order valence-corrected chi connectivity index (χ0v) is 6.85. The Kier molecular flexibility index (Phi) is 1.89. The van der Waals surface area contributed by atoms with Crippen molar-refractivity contribution in [1.82, 2.24) is 5.06 Å². The van der Waals surface area contributed by atoms with Gasteiger partial charge >= 0.3 is 5.66 Å². The minimum Gasteiger partial charge on any atom is -0.753 e. The Labute approximate surface area is 69.7 Å². The summed E-state index contributed by atoms with van der Waals surface area (Å²) in [7, 11) is 0. The number of rotatable bonds is 1. The summed E-state index contributed by atoms with van der Waals surface area (Å²) >= 11 is 0. The van der Waals surface area contributed by atoms with Crippen molar-refractivity contribution in [1.29, 1.82) is 0 Å². The number of hydroxylamine groups is 2. The maximum absolute atomic E-state index is 11.1. The van der Waals surface area contributed by atoms with E-state index in [2.05, 4.69) is 0 Å². The third kappa shape index (κ3) is 0.984. The van der Waals surface area contributed by atoms with E-state index in [1.807, 2.05) is 0 Å². The largest absolute Gasteiger partial charge is 0.753 e. The fraction of sp³-hybridized carbons (Fsp3) is 0.429. The maximum Gasteiger partial charge on any atom is 0.305 e. The summed E-state index contributed by atoms with van der Waals surface area (Å²) in [4.78, 5) is 10.00. The summed E-state index contributed by atoms with van der Waals surface area (Å²) in [5.41, 5.74) is -1.20. The quantitative estimate of drug-likeness (QED) is 0.437. The van der Waals surface area contributed by atoms with Crippen LogP contribution >= 0.6 is 0 Å². The first-order valence-electron chi connectivity index (χ1n) is 3.46. The highest BCUT2D eigenvalue weighted by molar-refractivity contribution is 5.24. The Bertz CT molecular complexity index is 272. The Balaban J connectivity index is 3.10. The lowest BCUT2D eigenvalue weighted by Crippen LogP contribution is -2.48. The van der Waals surface area contributed by atoms with E-state index in [-0.39, 0.29) is 0 Å². The van der Waals surface area contributed by atoms with Crippen LogP contribution in [0.1, 0.15) is 13.8 Å². The summed E-state index contributed by atoms with van der Waals surface area (Å²) in [5, 5.41) is 22.1. The molecule has 1 aliphatic heterocycles. The summed E-state index contributed by atoms with van der Waals surface area (Å²) in [5.74, 6) is 0. The molecule has 66 valence electrons. The molecule has 0 aromatic heterocycles. The van der Waals surface area contributed by atoms with Gasteiger partial charge in [0, 0.05) is 12.5 Å². The van der Waals surface area contributed by atoms with Gasteiger partial charge in [-0.05, 0) is 19.2 Å². The van der Waals surface area contributed by atoms with Gasteiger partial charge in [0.25, 0.3) is 0 Å². The van der Waals surface area contributed by atoms with Crippen LogP contribution in [0.5, 0.6) is 0 Å². The molecular weight excluding hydrogens is 160 g/mol. The van der Waals surface area contributed by atoms with E-state index in [1.165, 1.54) is 13.0 Å². The van der Waals surface area contributed by atoms with Gasteiger partial charge in [0.1, 0.15) is 0 Å². The Hall–Kier alpha value is -1.36. The van der Waals surface area contributed by atoms with E-state index in [0.29, 0.717) is 10.6 Å². The number of allylic oxidation sites excluding steroid dienone is 2. The van der Waals surface area contributed by atoms with Crippen LogP contribution in [0.25, 0.3) is 0 Å². The molecular formula is C7H9N2O3-. The molecule has 0 amide bonds. The normalized spacial score (nSPS) is 28.6. The molecule has 1 atom stereocenters. The van der Waals surface area contributed by atoms with Gasteiger partial charge in [-0.3, -0.25) is 10.1 Å². The van der Waals surface area contributed by atoms with Crippen LogP contribution in [0.2, 0.25) is 0 Å². The molecule has 0 aromatic carbocycles. The van der Waals surface area contributed by atoms with Crippen molar-refractivity contribution < 1.29 is 4.92 Å². The molecule has 0 saturated carbocycles. The summed E-state index contributed by atoms with van der Waals surface area (Å²) < 4.78 is 0. The summed E-state index contributed by atoms with van der Waals surface area (Å²) in [6.45, 7) is 2.85. The molecule has 0 saturated heterocycles. The highest BCUT2D eigenvalue weighted by atomic mass is 16.7. The Morgan fingerprint density at radius 3 is 2.58 bits per heavy atom. The van der Waals surface area contributed by atoms with Crippen molar-refractivity contribution in [3.8, 4) is 0 Å². The van der Waals surface area contributed by atoms with Crippen LogP contribution in [0, 0.1) is 15.3 Å². The predicted molar refractivity (Wildman–Crippen MR) is 43.5 cm³/mol. The number of nitrogens with zero attached hydrogens (tertiary/aromatic N) is 2. The highest BCUT2D eigenvalue weighted by Crippen LogP contribution is 2.27. The third-order valence-electron chi connectivity index (χ3n) is 2.10. The van der Waals surface area contributed by atoms with E-state index >= 15 is 0 Å². The Morgan fingerprint density at radius 1 is 1.67 bits per heavy atom. The molecule has 0 spiro atoms. The molecule has 0 aliphatic carbocycles. The fourth-order valence-corrected chi connectivity index (χ4v) is 0.967. The SMILES string of the molecule is CC1=CC=CN([O-])C1(C)[N+](=O)[O-]. The van der Waals surface area contributed by atoms with Crippen molar-refractivity contribution in [2.24, 2.45) is 0 Å². The van der Waals surface area contributed by atoms with Crippen LogP contribution in [0.15, 0.2) is 23.9 Å². The molecule has 5 nitrogen and oxygen atoms in total. The smallest absolute Gasteiger partial charge is 0.305 e. The fourth-order valence-electron chi connectivity index (χ4n) is 0.967. The van der Waals surface area contributed by atoms with Crippen molar-refractivity contribution in [2.75, 3.05) is 0 Å². The van der Waals surface area contributed by atoms with E-state index in [1.54, 1.807) is 13.0 Å². The number of nitro groups is 1. The standard InChI is InChI=1S/C7H9N2O3/c1-6-4-3-5-8(10)7(6,2)9(11)12/h3-5H,1-2H3/q-1. The van der Waals surface area contributed by atoms with E-state index in [0.717, 1.165) is 6.20 Å². The van der Waals surface area contributed by atoms with Crippen molar-refractivity contribution in [2.45, 2.75) is 19.5 Å². The maximum atomic E-state index is 11.1. The van der Waals surface area contributed by atoms with Gasteiger partial charge < -0.3 is 10.3 Å². The molecule has 1 unspecified atom stereocenters. The lowest BCUT2D eigenvalue weighted by atomic mass is 10.0. The second-order valence-electron chi connectivity index (χ2n) is 2.79. The highest BCUT2D eigenvalue weighted by Gasteiger charge is 2.40. The van der Waals surface area contributed by atoms with Gasteiger partial charge in [-0.25, -0.2) is 0 Å². The second-order valence-corrected chi connectivity index (χ2v) is 2.79. The monoisotopic (exact) mass is 169 g/mol. The van der Waals surface area contributed by atoms with Gasteiger partial charge in [-0.15, -0.1) is 0 Å². The van der Waals surface area contributed by atoms with Crippen LogP contribution in [0.3, 0.4) is 0 Å². The third-order valence-corrected chi connectivity index (χ3v) is 2.10. The molecule has 12 heavy (non-hydrogen) atoms. The van der Waals surface area contributed by atoms with E-state index < -0.39 is 10.6 Å². The lowest BCUT2D eigenvalue weighted by Gasteiger charge is -2.39. The van der Waals surface area contributed by atoms with Gasteiger partial charge in [-0.1, -0.05) is 6.08 Å². The van der Waals surface area contributed by atoms with Gasteiger partial charge in [0.15, 0.2) is 0 Å². The van der Waals surface area contributed by atoms with Crippen LogP contribution in [-0.2, 0) is 0 Å².